The van der Waals surface area contributed by atoms with Crippen molar-refractivity contribution in [3.63, 3.8) is 0 Å². The summed E-state index contributed by atoms with van der Waals surface area (Å²) in [4.78, 5) is 26.3. The second-order valence-corrected chi connectivity index (χ2v) is 7.98. The number of aryl methyl sites for hydroxylation is 2. The van der Waals surface area contributed by atoms with E-state index in [2.05, 4.69) is 54.7 Å². The summed E-state index contributed by atoms with van der Waals surface area (Å²) in [6, 6.07) is 16.9. The SMILES string of the molecule is Cc1ccc(CCCCC(=O)NCCCC(=O)N2CCc3ccccc3C2)cc1. The van der Waals surface area contributed by atoms with Crippen LogP contribution in [-0.2, 0) is 29.0 Å². The largest absolute Gasteiger partial charge is 0.356 e. The maximum absolute atomic E-state index is 12.4. The van der Waals surface area contributed by atoms with Gasteiger partial charge in [-0.1, -0.05) is 54.1 Å². The number of fused-ring (bicyclic) bond motifs is 1. The van der Waals surface area contributed by atoms with Crippen LogP contribution in [0.25, 0.3) is 0 Å². The molecule has 2 aromatic carbocycles. The van der Waals surface area contributed by atoms with Crippen molar-refractivity contribution in [1.29, 1.82) is 0 Å². The summed E-state index contributed by atoms with van der Waals surface area (Å²) in [6.45, 7) is 4.17. The summed E-state index contributed by atoms with van der Waals surface area (Å²) in [5, 5.41) is 2.95. The van der Waals surface area contributed by atoms with Gasteiger partial charge in [0, 0.05) is 32.5 Å². The molecule has 1 aliphatic rings. The van der Waals surface area contributed by atoms with Gasteiger partial charge >= 0.3 is 0 Å². The number of carbonyl (C=O) groups excluding carboxylic acids is 2. The lowest BCUT2D eigenvalue weighted by Gasteiger charge is -2.29. The highest BCUT2D eigenvalue weighted by molar-refractivity contribution is 5.77. The van der Waals surface area contributed by atoms with Gasteiger partial charge in [-0.3, -0.25) is 9.59 Å². The van der Waals surface area contributed by atoms with Gasteiger partial charge in [-0.25, -0.2) is 0 Å². The minimum absolute atomic E-state index is 0.0910. The van der Waals surface area contributed by atoms with E-state index in [1.54, 1.807) is 0 Å². The molecule has 3 rings (SSSR count). The fraction of sp³-hybridized carbons (Fsp3) is 0.440. The van der Waals surface area contributed by atoms with Crippen molar-refractivity contribution in [2.45, 2.75) is 58.4 Å². The third-order valence-corrected chi connectivity index (χ3v) is 5.61. The molecule has 4 heteroatoms. The molecular formula is C25H32N2O2. The van der Waals surface area contributed by atoms with Gasteiger partial charge in [0.05, 0.1) is 0 Å². The van der Waals surface area contributed by atoms with Crippen LogP contribution in [0, 0.1) is 6.92 Å². The van der Waals surface area contributed by atoms with E-state index in [9.17, 15) is 9.59 Å². The van der Waals surface area contributed by atoms with Crippen molar-refractivity contribution in [3.05, 3.63) is 70.8 Å². The molecule has 0 spiro atoms. The highest BCUT2D eigenvalue weighted by atomic mass is 16.2. The number of hydrogen-bond acceptors (Lipinski definition) is 2. The first-order valence-corrected chi connectivity index (χ1v) is 10.8. The molecule has 1 aliphatic heterocycles. The van der Waals surface area contributed by atoms with Gasteiger partial charge in [0.25, 0.3) is 0 Å². The molecule has 0 radical (unpaired) electrons. The van der Waals surface area contributed by atoms with Gasteiger partial charge in [0.2, 0.25) is 11.8 Å². The lowest BCUT2D eigenvalue weighted by Crippen LogP contribution is -2.36. The number of amides is 2. The van der Waals surface area contributed by atoms with Gasteiger partial charge in [-0.05, 0) is 55.7 Å². The fourth-order valence-corrected chi connectivity index (χ4v) is 3.79. The zero-order valence-corrected chi connectivity index (χ0v) is 17.5. The molecule has 0 aromatic heterocycles. The van der Waals surface area contributed by atoms with E-state index in [1.165, 1.54) is 22.3 Å². The Morgan fingerprint density at radius 2 is 1.69 bits per heavy atom. The van der Waals surface area contributed by atoms with Crippen LogP contribution < -0.4 is 5.32 Å². The fourth-order valence-electron chi connectivity index (χ4n) is 3.79. The Morgan fingerprint density at radius 3 is 2.48 bits per heavy atom. The monoisotopic (exact) mass is 392 g/mol. The predicted molar refractivity (Wildman–Crippen MR) is 117 cm³/mol. The van der Waals surface area contributed by atoms with Crippen LogP contribution in [0.5, 0.6) is 0 Å². The summed E-state index contributed by atoms with van der Waals surface area (Å²) in [5.74, 6) is 0.278. The summed E-state index contributed by atoms with van der Waals surface area (Å²) in [5.41, 5.74) is 5.21. The van der Waals surface area contributed by atoms with Crippen molar-refractivity contribution in [2.24, 2.45) is 0 Å². The van der Waals surface area contributed by atoms with Gasteiger partial charge in [0.1, 0.15) is 0 Å². The van der Waals surface area contributed by atoms with Crippen molar-refractivity contribution in [2.75, 3.05) is 13.1 Å². The lowest BCUT2D eigenvalue weighted by molar-refractivity contribution is -0.132. The molecule has 0 unspecified atom stereocenters. The van der Waals surface area contributed by atoms with E-state index in [0.717, 1.165) is 32.2 Å². The smallest absolute Gasteiger partial charge is 0.222 e. The number of nitrogens with one attached hydrogen (secondary N) is 1. The van der Waals surface area contributed by atoms with E-state index in [4.69, 9.17) is 0 Å². The quantitative estimate of drug-likeness (QED) is 0.651. The second-order valence-electron chi connectivity index (χ2n) is 7.98. The number of carbonyl (C=O) groups is 2. The van der Waals surface area contributed by atoms with Gasteiger partial charge in [-0.2, -0.15) is 0 Å². The molecule has 1 N–H and O–H groups in total. The molecule has 2 aromatic rings. The Labute approximate surface area is 174 Å². The molecular weight excluding hydrogens is 360 g/mol. The predicted octanol–water partition coefficient (Wildman–Crippen LogP) is 4.19. The Hall–Kier alpha value is -2.62. The molecule has 29 heavy (non-hydrogen) atoms. The lowest BCUT2D eigenvalue weighted by atomic mass is 9.99. The molecule has 0 bridgehead atoms. The van der Waals surface area contributed by atoms with Crippen molar-refractivity contribution >= 4 is 11.8 Å². The van der Waals surface area contributed by atoms with Crippen LogP contribution >= 0.6 is 0 Å². The molecule has 154 valence electrons. The first kappa shape index (κ1) is 21.1. The van der Waals surface area contributed by atoms with Crippen LogP contribution in [-0.4, -0.2) is 29.8 Å². The van der Waals surface area contributed by atoms with Crippen LogP contribution in [0.15, 0.2) is 48.5 Å². The Morgan fingerprint density at radius 1 is 0.931 bits per heavy atom. The Balaban J connectivity index is 1.25. The van der Waals surface area contributed by atoms with Crippen molar-refractivity contribution in [1.82, 2.24) is 10.2 Å². The highest BCUT2D eigenvalue weighted by Crippen LogP contribution is 2.19. The van der Waals surface area contributed by atoms with E-state index in [-0.39, 0.29) is 11.8 Å². The minimum atomic E-state index is 0.0910. The first-order valence-electron chi connectivity index (χ1n) is 10.8. The van der Waals surface area contributed by atoms with E-state index in [1.807, 2.05) is 11.0 Å². The second kappa shape index (κ2) is 10.8. The molecule has 0 atom stereocenters. The zero-order valence-electron chi connectivity index (χ0n) is 17.5. The van der Waals surface area contributed by atoms with Gasteiger partial charge in [-0.15, -0.1) is 0 Å². The maximum atomic E-state index is 12.4. The van der Waals surface area contributed by atoms with E-state index >= 15 is 0 Å². The first-order chi connectivity index (χ1) is 14.1. The summed E-state index contributed by atoms with van der Waals surface area (Å²) in [7, 11) is 0. The van der Waals surface area contributed by atoms with Crippen molar-refractivity contribution < 1.29 is 9.59 Å². The average Bonchev–Trinajstić information content (AvgIpc) is 2.75. The topological polar surface area (TPSA) is 49.4 Å². The summed E-state index contributed by atoms with van der Waals surface area (Å²) < 4.78 is 0. The summed E-state index contributed by atoms with van der Waals surface area (Å²) in [6.07, 6.45) is 5.62. The van der Waals surface area contributed by atoms with Crippen molar-refractivity contribution in [3.8, 4) is 0 Å². The number of rotatable bonds is 9. The molecule has 0 fully saturated rings. The Kier molecular flexibility index (Phi) is 7.85. The molecule has 0 aliphatic carbocycles. The number of nitrogens with zero attached hydrogens (tertiary/aromatic N) is 1. The van der Waals surface area contributed by atoms with Crippen LogP contribution in [0.4, 0.5) is 0 Å². The average molecular weight is 393 g/mol. The molecule has 0 saturated heterocycles. The van der Waals surface area contributed by atoms with Crippen LogP contribution in [0.2, 0.25) is 0 Å². The third-order valence-electron chi connectivity index (χ3n) is 5.61. The molecule has 1 heterocycles. The molecule has 4 nitrogen and oxygen atoms in total. The summed E-state index contributed by atoms with van der Waals surface area (Å²) >= 11 is 0. The Bertz CT molecular complexity index is 814. The third kappa shape index (κ3) is 6.74. The van der Waals surface area contributed by atoms with Crippen LogP contribution in [0.3, 0.4) is 0 Å². The van der Waals surface area contributed by atoms with Gasteiger partial charge < -0.3 is 10.2 Å². The maximum Gasteiger partial charge on any atom is 0.222 e. The highest BCUT2D eigenvalue weighted by Gasteiger charge is 2.19. The molecule has 0 saturated carbocycles. The number of hydrogen-bond donors (Lipinski definition) is 1. The van der Waals surface area contributed by atoms with Crippen LogP contribution in [0.1, 0.15) is 54.4 Å². The molecule has 2 amide bonds. The zero-order chi connectivity index (χ0) is 20.5. The van der Waals surface area contributed by atoms with E-state index in [0.29, 0.717) is 32.4 Å². The normalized spacial score (nSPS) is 13.1. The number of unbranched alkanes of at least 4 members (excludes halogenated alkanes) is 1. The van der Waals surface area contributed by atoms with Gasteiger partial charge in [0.15, 0.2) is 0 Å². The van der Waals surface area contributed by atoms with E-state index < -0.39 is 0 Å². The standard InChI is InChI=1S/C25H32N2O2/c1-20-12-14-21(15-13-20)7-2-5-10-24(28)26-17-6-11-25(29)27-18-16-22-8-3-4-9-23(22)19-27/h3-4,8-9,12-15H,2,5-7,10-11,16-19H2,1H3,(H,26,28). The number of benzene rings is 2. The minimum Gasteiger partial charge on any atom is -0.356 e.